The highest BCUT2D eigenvalue weighted by Gasteiger charge is 2.32. The minimum atomic E-state index is -0.532. The number of nitro benzene ring substituents is 1. The number of amides is 1. The lowest BCUT2D eigenvalue weighted by Crippen LogP contribution is -2.50. The zero-order chi connectivity index (χ0) is 21.1. The molecule has 160 valence electrons. The van der Waals surface area contributed by atoms with Crippen molar-refractivity contribution >= 4 is 22.5 Å². The predicted octanol–water partition coefficient (Wildman–Crippen LogP) is 3.80. The van der Waals surface area contributed by atoms with Gasteiger partial charge in [-0.15, -0.1) is 0 Å². The summed E-state index contributed by atoms with van der Waals surface area (Å²) in [6, 6.07) is 4.54. The Labute approximate surface area is 175 Å². The van der Waals surface area contributed by atoms with Crippen molar-refractivity contribution in [2.75, 3.05) is 0 Å². The Kier molecular flexibility index (Phi) is 6.11. The molecule has 8 nitrogen and oxygen atoms in total. The molecule has 1 aromatic carbocycles. The second-order valence-electron chi connectivity index (χ2n) is 8.52. The van der Waals surface area contributed by atoms with Gasteiger partial charge in [-0.05, 0) is 31.7 Å². The molecule has 0 saturated heterocycles. The fourth-order valence-electron chi connectivity index (χ4n) is 5.02. The second kappa shape index (κ2) is 8.93. The SMILES string of the molecule is O=C(Cn1cnc2ccc([N+](=O)[O-])cc2c1=O)N(C1CCCCC1)C1CCCCC1. The molecule has 0 spiro atoms. The number of carbonyl (C=O) groups excluding carboxylic acids is 1. The van der Waals surface area contributed by atoms with Crippen molar-refractivity contribution in [3.8, 4) is 0 Å². The van der Waals surface area contributed by atoms with Crippen molar-refractivity contribution < 1.29 is 9.72 Å². The molecule has 0 N–H and O–H groups in total. The quantitative estimate of drug-likeness (QED) is 0.549. The van der Waals surface area contributed by atoms with Crippen LogP contribution in [0.3, 0.4) is 0 Å². The number of nitrogens with zero attached hydrogens (tertiary/aromatic N) is 4. The Morgan fingerprint density at radius 3 is 2.23 bits per heavy atom. The van der Waals surface area contributed by atoms with Crippen LogP contribution in [-0.4, -0.2) is 37.4 Å². The van der Waals surface area contributed by atoms with Crippen LogP contribution >= 0.6 is 0 Å². The van der Waals surface area contributed by atoms with Crippen LogP contribution in [0.15, 0.2) is 29.3 Å². The van der Waals surface area contributed by atoms with Crippen LogP contribution in [0.5, 0.6) is 0 Å². The van der Waals surface area contributed by atoms with E-state index in [0.717, 1.165) is 51.4 Å². The molecule has 0 atom stereocenters. The lowest BCUT2D eigenvalue weighted by Gasteiger charge is -2.42. The van der Waals surface area contributed by atoms with Crippen molar-refractivity contribution in [1.82, 2.24) is 14.5 Å². The number of nitro groups is 1. The molecule has 0 radical (unpaired) electrons. The van der Waals surface area contributed by atoms with Crippen LogP contribution in [0.4, 0.5) is 5.69 Å². The Morgan fingerprint density at radius 2 is 1.67 bits per heavy atom. The lowest BCUT2D eigenvalue weighted by molar-refractivity contribution is -0.384. The summed E-state index contributed by atoms with van der Waals surface area (Å²) in [4.78, 5) is 43.2. The van der Waals surface area contributed by atoms with Gasteiger partial charge in [0.2, 0.25) is 5.91 Å². The van der Waals surface area contributed by atoms with E-state index in [9.17, 15) is 19.7 Å². The fourth-order valence-corrected chi connectivity index (χ4v) is 5.02. The molecular weight excluding hydrogens is 384 g/mol. The molecule has 2 saturated carbocycles. The first-order valence-electron chi connectivity index (χ1n) is 11.0. The third-order valence-corrected chi connectivity index (χ3v) is 6.55. The molecule has 0 bridgehead atoms. The van der Waals surface area contributed by atoms with Gasteiger partial charge >= 0.3 is 0 Å². The van der Waals surface area contributed by atoms with Gasteiger partial charge < -0.3 is 4.90 Å². The normalized spacial score (nSPS) is 18.4. The Hall–Kier alpha value is -2.77. The molecule has 8 heteroatoms. The first kappa shape index (κ1) is 20.5. The zero-order valence-electron chi connectivity index (χ0n) is 17.2. The molecule has 1 heterocycles. The number of non-ortho nitro benzene ring substituents is 1. The highest BCUT2D eigenvalue weighted by Crippen LogP contribution is 2.30. The van der Waals surface area contributed by atoms with E-state index < -0.39 is 10.5 Å². The van der Waals surface area contributed by atoms with Crippen molar-refractivity contribution in [3.63, 3.8) is 0 Å². The monoisotopic (exact) mass is 412 g/mol. The molecule has 2 aliphatic rings. The summed E-state index contributed by atoms with van der Waals surface area (Å²) in [7, 11) is 0. The predicted molar refractivity (Wildman–Crippen MR) is 113 cm³/mol. The lowest BCUT2D eigenvalue weighted by atomic mass is 9.88. The first-order chi connectivity index (χ1) is 14.5. The molecule has 0 aliphatic heterocycles. The van der Waals surface area contributed by atoms with E-state index in [1.165, 1.54) is 41.9 Å². The molecule has 1 aromatic heterocycles. The number of rotatable bonds is 5. The summed E-state index contributed by atoms with van der Waals surface area (Å²) in [5.74, 6) is -0.0394. The van der Waals surface area contributed by atoms with E-state index in [1.807, 2.05) is 0 Å². The van der Waals surface area contributed by atoms with Crippen molar-refractivity contribution in [3.05, 3.63) is 45.0 Å². The summed E-state index contributed by atoms with van der Waals surface area (Å²) in [5, 5.41) is 11.2. The van der Waals surface area contributed by atoms with E-state index in [4.69, 9.17) is 0 Å². The Bertz CT molecular complexity index is 972. The summed E-state index contributed by atoms with van der Waals surface area (Å²) < 4.78 is 1.30. The number of aromatic nitrogens is 2. The zero-order valence-corrected chi connectivity index (χ0v) is 17.2. The van der Waals surface area contributed by atoms with Gasteiger partial charge in [-0.25, -0.2) is 4.98 Å². The van der Waals surface area contributed by atoms with Gasteiger partial charge in [-0.3, -0.25) is 24.3 Å². The van der Waals surface area contributed by atoms with Gasteiger partial charge in [0.25, 0.3) is 11.2 Å². The van der Waals surface area contributed by atoms with Crippen LogP contribution in [0.2, 0.25) is 0 Å². The molecule has 2 aromatic rings. The van der Waals surface area contributed by atoms with Crippen LogP contribution in [-0.2, 0) is 11.3 Å². The van der Waals surface area contributed by atoms with Crippen molar-refractivity contribution in [2.45, 2.75) is 82.8 Å². The third kappa shape index (κ3) is 4.22. The number of fused-ring (bicyclic) bond motifs is 1. The van der Waals surface area contributed by atoms with Crippen LogP contribution in [0, 0.1) is 10.1 Å². The van der Waals surface area contributed by atoms with Gasteiger partial charge in [0.15, 0.2) is 0 Å². The van der Waals surface area contributed by atoms with Crippen LogP contribution in [0.25, 0.3) is 10.9 Å². The standard InChI is InChI=1S/C22H28N4O4/c27-21(25(16-7-3-1-4-8-16)17-9-5-2-6-10-17)14-24-15-23-20-12-11-18(26(29)30)13-19(20)22(24)28/h11-13,15-17H,1-10,14H2. The van der Waals surface area contributed by atoms with Crippen LogP contribution < -0.4 is 5.56 Å². The fraction of sp³-hybridized carbons (Fsp3) is 0.591. The van der Waals surface area contributed by atoms with Crippen molar-refractivity contribution in [2.24, 2.45) is 0 Å². The average Bonchev–Trinajstić information content (AvgIpc) is 2.77. The Balaban J connectivity index is 1.62. The molecule has 30 heavy (non-hydrogen) atoms. The number of benzene rings is 1. The highest BCUT2D eigenvalue weighted by atomic mass is 16.6. The van der Waals surface area contributed by atoms with E-state index in [2.05, 4.69) is 9.88 Å². The highest BCUT2D eigenvalue weighted by molar-refractivity contribution is 5.81. The number of carbonyl (C=O) groups is 1. The average molecular weight is 412 g/mol. The minimum Gasteiger partial charge on any atom is -0.335 e. The van der Waals surface area contributed by atoms with Crippen molar-refractivity contribution in [1.29, 1.82) is 0 Å². The summed E-state index contributed by atoms with van der Waals surface area (Å²) in [6.45, 7) is -0.0720. The van der Waals surface area contributed by atoms with Gasteiger partial charge in [-0.1, -0.05) is 38.5 Å². The van der Waals surface area contributed by atoms with Gasteiger partial charge in [-0.2, -0.15) is 0 Å². The third-order valence-electron chi connectivity index (χ3n) is 6.55. The van der Waals surface area contributed by atoms with Gasteiger partial charge in [0, 0.05) is 24.2 Å². The van der Waals surface area contributed by atoms with E-state index in [1.54, 1.807) is 0 Å². The molecule has 2 aliphatic carbocycles. The van der Waals surface area contributed by atoms with Gasteiger partial charge in [0.1, 0.15) is 6.54 Å². The largest absolute Gasteiger partial charge is 0.335 e. The maximum atomic E-state index is 13.4. The van der Waals surface area contributed by atoms with Crippen LogP contribution in [0.1, 0.15) is 64.2 Å². The summed E-state index contributed by atoms with van der Waals surface area (Å²) in [6.07, 6.45) is 12.5. The summed E-state index contributed by atoms with van der Waals surface area (Å²) in [5.41, 5.74) is -0.175. The Morgan fingerprint density at radius 1 is 1.07 bits per heavy atom. The maximum Gasteiger partial charge on any atom is 0.270 e. The number of hydrogen-bond acceptors (Lipinski definition) is 5. The molecule has 4 rings (SSSR count). The molecule has 1 amide bonds. The second-order valence-corrected chi connectivity index (χ2v) is 8.52. The maximum absolute atomic E-state index is 13.4. The number of hydrogen-bond donors (Lipinski definition) is 0. The smallest absolute Gasteiger partial charge is 0.270 e. The van der Waals surface area contributed by atoms with E-state index in [-0.39, 0.29) is 35.6 Å². The van der Waals surface area contributed by atoms with Gasteiger partial charge in [0.05, 0.1) is 22.2 Å². The van der Waals surface area contributed by atoms with E-state index >= 15 is 0 Å². The molecule has 0 unspecified atom stereocenters. The summed E-state index contributed by atoms with van der Waals surface area (Å²) >= 11 is 0. The first-order valence-corrected chi connectivity index (χ1v) is 11.0. The molecule has 2 fully saturated rings. The topological polar surface area (TPSA) is 98.3 Å². The van der Waals surface area contributed by atoms with E-state index in [0.29, 0.717) is 5.52 Å². The minimum absolute atomic E-state index is 0.0394. The molecular formula is C22H28N4O4.